The predicted molar refractivity (Wildman–Crippen MR) is 53.8 cm³/mol. The topological polar surface area (TPSA) is 35.0 Å². The molecule has 13 heavy (non-hydrogen) atoms. The first-order chi connectivity index (χ1) is 6.25. The van der Waals surface area contributed by atoms with Crippen LogP contribution in [-0.2, 0) is 19.6 Å². The monoisotopic (exact) mass is 217 g/mol. The average Bonchev–Trinajstić information content (AvgIpc) is 2.66. The minimum Gasteiger partial charge on any atom is -0.395 e. The Balaban J connectivity index is 2.61. The van der Waals surface area contributed by atoms with Gasteiger partial charge in [-0.05, 0) is 30.9 Å². The molecular formula is C7H11N3OS2. The zero-order chi connectivity index (χ0) is 9.42. The molecule has 0 spiro atoms. The summed E-state index contributed by atoms with van der Waals surface area (Å²) in [6.07, 6.45) is 1.10. The van der Waals surface area contributed by atoms with Crippen molar-refractivity contribution in [2.75, 3.05) is 6.61 Å². The van der Waals surface area contributed by atoms with Gasteiger partial charge < -0.3 is 5.11 Å². The number of nitrogens with zero attached hydrogens (tertiary/aromatic N) is 3. The fraction of sp³-hybridized carbons (Fsp3) is 0.714. The molecule has 0 fully saturated rings. The van der Waals surface area contributed by atoms with Crippen molar-refractivity contribution >= 4 is 24.4 Å². The van der Waals surface area contributed by atoms with Crippen molar-refractivity contribution in [3.8, 4) is 0 Å². The van der Waals surface area contributed by atoms with Gasteiger partial charge in [-0.1, -0.05) is 0 Å². The Bertz CT molecular complexity index is 392. The van der Waals surface area contributed by atoms with E-state index in [0.717, 1.165) is 29.1 Å². The van der Waals surface area contributed by atoms with E-state index in [1.165, 1.54) is 0 Å². The smallest absolute Gasteiger partial charge is 0.197 e. The number of aromatic nitrogens is 3. The van der Waals surface area contributed by atoms with E-state index in [-0.39, 0.29) is 6.61 Å². The number of hydrogen-bond acceptors (Lipinski definition) is 3. The lowest BCUT2D eigenvalue weighted by atomic mass is 10.5. The van der Waals surface area contributed by atoms with Gasteiger partial charge >= 0.3 is 0 Å². The SMILES string of the molecule is OCCn1c(=S)n2n(c1=S)CCC2. The van der Waals surface area contributed by atoms with Crippen LogP contribution in [0.2, 0.25) is 0 Å². The van der Waals surface area contributed by atoms with Gasteiger partial charge in [-0.25, -0.2) is 0 Å². The van der Waals surface area contributed by atoms with E-state index in [1.54, 1.807) is 0 Å². The molecule has 0 amide bonds. The number of fused-ring (bicyclic) bond motifs is 1. The highest BCUT2D eigenvalue weighted by molar-refractivity contribution is 7.72. The van der Waals surface area contributed by atoms with Crippen LogP contribution >= 0.6 is 24.4 Å². The van der Waals surface area contributed by atoms with E-state index in [0.29, 0.717) is 6.54 Å². The van der Waals surface area contributed by atoms with Crippen molar-refractivity contribution in [1.29, 1.82) is 0 Å². The maximum atomic E-state index is 8.83. The lowest BCUT2D eigenvalue weighted by Crippen LogP contribution is -2.04. The summed E-state index contributed by atoms with van der Waals surface area (Å²) in [6, 6.07) is 0. The van der Waals surface area contributed by atoms with Crippen molar-refractivity contribution in [1.82, 2.24) is 13.9 Å². The van der Waals surface area contributed by atoms with E-state index >= 15 is 0 Å². The minimum atomic E-state index is 0.0853. The van der Waals surface area contributed by atoms with Gasteiger partial charge in [0, 0.05) is 13.1 Å². The van der Waals surface area contributed by atoms with Crippen LogP contribution in [0.25, 0.3) is 0 Å². The standard InChI is InChI=1S/C7H11N3OS2/c11-5-4-8-6(12)9-2-1-3-10(9)7(8)13/h11H,1-5H2. The second-order valence-electron chi connectivity index (χ2n) is 3.04. The van der Waals surface area contributed by atoms with Crippen molar-refractivity contribution in [3.05, 3.63) is 9.54 Å². The highest BCUT2D eigenvalue weighted by atomic mass is 32.1. The molecule has 0 atom stereocenters. The summed E-state index contributed by atoms with van der Waals surface area (Å²) in [7, 11) is 0. The lowest BCUT2D eigenvalue weighted by Gasteiger charge is -1.97. The third-order valence-electron chi connectivity index (χ3n) is 2.26. The Labute approximate surface area is 86.0 Å². The first-order valence-electron chi connectivity index (χ1n) is 4.27. The number of aliphatic hydroxyl groups excluding tert-OH is 1. The Hall–Kier alpha value is -0.460. The molecule has 0 radical (unpaired) electrons. The van der Waals surface area contributed by atoms with Gasteiger partial charge in [0.15, 0.2) is 9.54 Å². The van der Waals surface area contributed by atoms with E-state index in [4.69, 9.17) is 29.5 Å². The van der Waals surface area contributed by atoms with E-state index < -0.39 is 0 Å². The molecule has 1 aromatic rings. The highest BCUT2D eigenvalue weighted by Crippen LogP contribution is 2.10. The van der Waals surface area contributed by atoms with Gasteiger partial charge in [0.1, 0.15) is 0 Å². The fourth-order valence-corrected chi connectivity index (χ4v) is 2.45. The van der Waals surface area contributed by atoms with Crippen LogP contribution in [0, 0.1) is 9.54 Å². The van der Waals surface area contributed by atoms with Gasteiger partial charge in [-0.3, -0.25) is 13.9 Å². The molecule has 0 saturated heterocycles. The molecule has 1 aliphatic heterocycles. The van der Waals surface area contributed by atoms with E-state index in [2.05, 4.69) is 0 Å². The Kier molecular flexibility index (Phi) is 2.35. The molecule has 0 saturated carbocycles. The normalized spacial score (nSPS) is 14.8. The summed E-state index contributed by atoms with van der Waals surface area (Å²) >= 11 is 10.5. The van der Waals surface area contributed by atoms with Crippen molar-refractivity contribution in [2.24, 2.45) is 0 Å². The maximum absolute atomic E-state index is 8.83. The largest absolute Gasteiger partial charge is 0.395 e. The Morgan fingerprint density at radius 3 is 2.15 bits per heavy atom. The Morgan fingerprint density at radius 2 is 1.69 bits per heavy atom. The molecule has 0 aliphatic carbocycles. The molecule has 1 N–H and O–H groups in total. The van der Waals surface area contributed by atoms with Crippen LogP contribution in [-0.4, -0.2) is 25.6 Å². The quantitative estimate of drug-likeness (QED) is 0.749. The zero-order valence-electron chi connectivity index (χ0n) is 7.14. The predicted octanol–water partition coefficient (Wildman–Crippen LogP) is 0.946. The molecule has 0 bridgehead atoms. The van der Waals surface area contributed by atoms with Gasteiger partial charge in [0.2, 0.25) is 0 Å². The Morgan fingerprint density at radius 1 is 1.15 bits per heavy atom. The molecule has 2 rings (SSSR count). The number of aliphatic hydroxyl groups is 1. The fourth-order valence-electron chi connectivity index (χ4n) is 1.66. The van der Waals surface area contributed by atoms with Crippen molar-refractivity contribution in [3.63, 3.8) is 0 Å². The van der Waals surface area contributed by atoms with Crippen molar-refractivity contribution < 1.29 is 5.11 Å². The minimum absolute atomic E-state index is 0.0853. The molecule has 1 aromatic heterocycles. The lowest BCUT2D eigenvalue weighted by molar-refractivity contribution is 0.274. The summed E-state index contributed by atoms with van der Waals surface area (Å²) in [5, 5.41) is 8.83. The van der Waals surface area contributed by atoms with Crippen LogP contribution < -0.4 is 0 Å². The summed E-state index contributed by atoms with van der Waals surface area (Å²) in [5.41, 5.74) is 0. The first-order valence-corrected chi connectivity index (χ1v) is 5.08. The third kappa shape index (κ3) is 1.29. The van der Waals surface area contributed by atoms with Crippen molar-refractivity contribution in [2.45, 2.75) is 26.1 Å². The third-order valence-corrected chi connectivity index (χ3v) is 3.12. The summed E-state index contributed by atoms with van der Waals surface area (Å²) in [6.45, 7) is 2.48. The van der Waals surface area contributed by atoms with Gasteiger partial charge in [-0.2, -0.15) is 0 Å². The zero-order valence-corrected chi connectivity index (χ0v) is 8.77. The molecule has 0 unspecified atom stereocenters. The van der Waals surface area contributed by atoms with Gasteiger partial charge in [0.05, 0.1) is 13.2 Å². The van der Waals surface area contributed by atoms with E-state index in [9.17, 15) is 0 Å². The van der Waals surface area contributed by atoms with Gasteiger partial charge in [0.25, 0.3) is 0 Å². The maximum Gasteiger partial charge on any atom is 0.197 e. The second kappa shape index (κ2) is 3.36. The molecular weight excluding hydrogens is 206 g/mol. The van der Waals surface area contributed by atoms with Gasteiger partial charge in [-0.15, -0.1) is 0 Å². The summed E-state index contributed by atoms with van der Waals surface area (Å²) < 4.78 is 7.29. The van der Waals surface area contributed by atoms with Crippen LogP contribution in [0.5, 0.6) is 0 Å². The second-order valence-corrected chi connectivity index (χ2v) is 3.77. The molecule has 6 heteroatoms. The first kappa shape index (κ1) is 9.11. The molecule has 1 aliphatic rings. The van der Waals surface area contributed by atoms with Crippen LogP contribution in [0.1, 0.15) is 6.42 Å². The molecule has 0 aromatic carbocycles. The highest BCUT2D eigenvalue weighted by Gasteiger charge is 2.14. The van der Waals surface area contributed by atoms with Crippen LogP contribution in [0.15, 0.2) is 0 Å². The average molecular weight is 217 g/mol. The molecule has 4 nitrogen and oxygen atoms in total. The van der Waals surface area contributed by atoms with Crippen LogP contribution in [0.4, 0.5) is 0 Å². The molecule has 72 valence electrons. The summed E-state index contributed by atoms with van der Waals surface area (Å²) in [5.74, 6) is 0. The number of hydrogen-bond donors (Lipinski definition) is 1. The summed E-state index contributed by atoms with van der Waals surface area (Å²) in [4.78, 5) is 0. The molecule has 2 heterocycles. The van der Waals surface area contributed by atoms with Crippen LogP contribution in [0.3, 0.4) is 0 Å². The van der Waals surface area contributed by atoms with E-state index in [1.807, 2.05) is 13.9 Å². The number of rotatable bonds is 2.